The van der Waals surface area contributed by atoms with Crippen LogP contribution in [0.3, 0.4) is 0 Å². The monoisotopic (exact) mass is 383 g/mol. The summed E-state index contributed by atoms with van der Waals surface area (Å²) < 4.78 is 0.971. The van der Waals surface area contributed by atoms with Crippen LogP contribution in [0.2, 0.25) is 10.0 Å². The summed E-state index contributed by atoms with van der Waals surface area (Å²) in [5.41, 5.74) is 7.94. The van der Waals surface area contributed by atoms with Crippen LogP contribution in [0.25, 0.3) is 0 Å². The van der Waals surface area contributed by atoms with Gasteiger partial charge < -0.3 is 10.6 Å². The lowest BCUT2D eigenvalue weighted by atomic mass is 10.1. The molecule has 1 aliphatic rings. The van der Waals surface area contributed by atoms with Gasteiger partial charge >= 0.3 is 0 Å². The molecule has 1 atom stereocenters. The minimum absolute atomic E-state index is 0.0297. The fourth-order valence-corrected chi connectivity index (χ4v) is 3.36. The third kappa shape index (κ3) is 2.76. The number of halogens is 3. The molecule has 2 aromatic rings. The van der Waals surface area contributed by atoms with Gasteiger partial charge in [0, 0.05) is 9.50 Å². The Bertz CT molecular complexity index is 718. The molecule has 1 heterocycles. The number of hydrogen-bond donors (Lipinski definition) is 1. The number of nitrogens with two attached hydrogens (primary N) is 1. The Balaban J connectivity index is 2.07. The topological polar surface area (TPSA) is 41.6 Å². The first-order valence-electron chi connectivity index (χ1n) is 6.36. The fraction of sp³-hybridized carbons (Fsp3) is 0.133. The highest BCUT2D eigenvalue weighted by Crippen LogP contribution is 2.38. The van der Waals surface area contributed by atoms with Crippen LogP contribution >= 0.6 is 39.1 Å². The van der Waals surface area contributed by atoms with E-state index in [-0.39, 0.29) is 6.04 Å². The van der Waals surface area contributed by atoms with Crippen LogP contribution in [0.1, 0.15) is 11.6 Å². The lowest BCUT2D eigenvalue weighted by Gasteiger charge is -2.28. The van der Waals surface area contributed by atoms with E-state index in [1.54, 1.807) is 0 Å². The first-order chi connectivity index (χ1) is 10.1. The van der Waals surface area contributed by atoms with Crippen molar-refractivity contribution >= 4 is 50.8 Å². The molecule has 3 nitrogen and oxygen atoms in total. The molecule has 0 saturated carbocycles. The minimum Gasteiger partial charge on any atom is -0.369 e. The summed E-state index contributed by atoms with van der Waals surface area (Å²) in [5.74, 6) is 0.458. The largest absolute Gasteiger partial charge is 0.369 e. The molecule has 21 heavy (non-hydrogen) atoms. The molecule has 1 unspecified atom stereocenters. The summed E-state index contributed by atoms with van der Waals surface area (Å²) in [4.78, 5) is 6.30. The number of para-hydroxylation sites is 1. The Morgan fingerprint density at radius 2 is 1.95 bits per heavy atom. The summed E-state index contributed by atoms with van der Waals surface area (Å²) in [6.07, 6.45) is 0. The predicted molar refractivity (Wildman–Crippen MR) is 92.3 cm³/mol. The minimum atomic E-state index is -0.0297. The molecule has 0 bridgehead atoms. The number of aliphatic imine (C=N–C) groups is 1. The third-order valence-corrected chi connectivity index (χ3v) is 4.69. The van der Waals surface area contributed by atoms with Gasteiger partial charge in [-0.2, -0.15) is 0 Å². The summed E-state index contributed by atoms with van der Waals surface area (Å²) in [7, 11) is 0. The van der Waals surface area contributed by atoms with E-state index in [0.29, 0.717) is 22.5 Å². The molecule has 1 aliphatic heterocycles. The van der Waals surface area contributed by atoms with Crippen LogP contribution in [0, 0.1) is 0 Å². The molecule has 0 aliphatic carbocycles. The van der Waals surface area contributed by atoms with Crippen molar-refractivity contribution in [2.75, 3.05) is 11.4 Å². The number of benzene rings is 2. The highest BCUT2D eigenvalue weighted by molar-refractivity contribution is 9.10. The van der Waals surface area contributed by atoms with Crippen molar-refractivity contribution in [1.29, 1.82) is 0 Å². The van der Waals surface area contributed by atoms with Crippen LogP contribution in [0.15, 0.2) is 51.9 Å². The van der Waals surface area contributed by atoms with E-state index in [9.17, 15) is 0 Å². The van der Waals surface area contributed by atoms with Crippen LogP contribution in [-0.4, -0.2) is 12.5 Å². The van der Waals surface area contributed by atoms with Gasteiger partial charge in [-0.05, 0) is 35.9 Å². The van der Waals surface area contributed by atoms with Gasteiger partial charge in [-0.25, -0.2) is 0 Å². The van der Waals surface area contributed by atoms with Crippen molar-refractivity contribution < 1.29 is 0 Å². The summed E-state index contributed by atoms with van der Waals surface area (Å²) >= 11 is 16.0. The molecule has 0 amide bonds. The van der Waals surface area contributed by atoms with Crippen molar-refractivity contribution in [3.63, 3.8) is 0 Å². The zero-order valence-electron chi connectivity index (χ0n) is 10.9. The van der Waals surface area contributed by atoms with Crippen molar-refractivity contribution in [1.82, 2.24) is 0 Å². The second kappa shape index (κ2) is 5.87. The molecule has 0 saturated heterocycles. The maximum atomic E-state index is 6.30. The first kappa shape index (κ1) is 14.7. The van der Waals surface area contributed by atoms with Gasteiger partial charge in [0.15, 0.2) is 5.96 Å². The molecule has 0 spiro atoms. The Kier molecular flexibility index (Phi) is 4.11. The van der Waals surface area contributed by atoms with Gasteiger partial charge in [0.2, 0.25) is 0 Å². The molecule has 2 N–H and O–H groups in total. The fourth-order valence-electron chi connectivity index (χ4n) is 2.44. The number of rotatable bonds is 2. The van der Waals surface area contributed by atoms with E-state index in [4.69, 9.17) is 28.9 Å². The molecule has 2 aromatic carbocycles. The maximum Gasteiger partial charge on any atom is 0.196 e. The summed E-state index contributed by atoms with van der Waals surface area (Å²) in [6, 6.07) is 13.3. The van der Waals surface area contributed by atoms with Crippen LogP contribution in [-0.2, 0) is 0 Å². The Labute approximate surface area is 141 Å². The maximum absolute atomic E-state index is 6.30. The van der Waals surface area contributed by atoms with Gasteiger partial charge in [-0.15, -0.1) is 0 Å². The van der Waals surface area contributed by atoms with Gasteiger partial charge in [-0.1, -0.05) is 51.3 Å². The smallest absolute Gasteiger partial charge is 0.196 e. The average molecular weight is 385 g/mol. The summed E-state index contributed by atoms with van der Waals surface area (Å²) in [6.45, 7) is 0.565. The highest BCUT2D eigenvalue weighted by atomic mass is 79.9. The van der Waals surface area contributed by atoms with E-state index in [1.807, 2.05) is 47.4 Å². The molecule has 0 aromatic heterocycles. The van der Waals surface area contributed by atoms with Crippen LogP contribution in [0.5, 0.6) is 0 Å². The van der Waals surface area contributed by atoms with Crippen molar-refractivity contribution in [2.24, 2.45) is 10.7 Å². The third-order valence-electron chi connectivity index (χ3n) is 3.41. The molecular weight excluding hydrogens is 373 g/mol. The van der Waals surface area contributed by atoms with Crippen LogP contribution < -0.4 is 10.6 Å². The second-order valence-electron chi connectivity index (χ2n) is 4.70. The Hall–Kier alpha value is -1.23. The standard InChI is InChI=1S/C15H12BrCl2N3/c16-11-6-5-9(17)7-10(11)14-8-20-15(19)21(14)13-4-2-1-3-12(13)18/h1-7,14H,8H2,(H2,19,20). The number of anilines is 1. The molecule has 108 valence electrons. The highest BCUT2D eigenvalue weighted by Gasteiger charge is 2.31. The van der Waals surface area contributed by atoms with Crippen molar-refractivity contribution in [2.45, 2.75) is 6.04 Å². The molecule has 0 radical (unpaired) electrons. The average Bonchev–Trinajstić information content (AvgIpc) is 2.84. The van der Waals surface area contributed by atoms with E-state index in [1.165, 1.54) is 0 Å². The second-order valence-corrected chi connectivity index (χ2v) is 6.40. The predicted octanol–water partition coefficient (Wildman–Crippen LogP) is 4.63. The summed E-state index contributed by atoms with van der Waals surface area (Å²) in [5, 5.41) is 1.32. The molecule has 6 heteroatoms. The van der Waals surface area contributed by atoms with Crippen LogP contribution in [0.4, 0.5) is 5.69 Å². The Morgan fingerprint density at radius 3 is 2.71 bits per heavy atom. The van der Waals surface area contributed by atoms with E-state index in [2.05, 4.69) is 20.9 Å². The van der Waals surface area contributed by atoms with Crippen molar-refractivity contribution in [3.8, 4) is 0 Å². The zero-order valence-corrected chi connectivity index (χ0v) is 14.0. The number of guanidine groups is 1. The number of nitrogens with zero attached hydrogens (tertiary/aromatic N) is 2. The quantitative estimate of drug-likeness (QED) is 0.819. The van der Waals surface area contributed by atoms with Gasteiger partial charge in [-0.3, -0.25) is 4.99 Å². The Morgan fingerprint density at radius 1 is 1.19 bits per heavy atom. The van der Waals surface area contributed by atoms with E-state index < -0.39 is 0 Å². The zero-order chi connectivity index (χ0) is 15.0. The lowest BCUT2D eigenvalue weighted by molar-refractivity contribution is 0.765. The molecule has 3 rings (SSSR count). The lowest BCUT2D eigenvalue weighted by Crippen LogP contribution is -2.36. The van der Waals surface area contributed by atoms with Crippen molar-refractivity contribution in [3.05, 3.63) is 62.5 Å². The normalized spacial score (nSPS) is 18.0. The van der Waals surface area contributed by atoms with E-state index >= 15 is 0 Å². The first-order valence-corrected chi connectivity index (χ1v) is 7.91. The SMILES string of the molecule is NC1=NCC(c2cc(Cl)ccc2Br)N1c1ccccc1Cl. The van der Waals surface area contributed by atoms with E-state index in [0.717, 1.165) is 15.7 Å². The van der Waals surface area contributed by atoms with Gasteiger partial charge in [0.05, 0.1) is 23.3 Å². The van der Waals surface area contributed by atoms with Gasteiger partial charge in [0.1, 0.15) is 0 Å². The number of hydrogen-bond acceptors (Lipinski definition) is 3. The van der Waals surface area contributed by atoms with Gasteiger partial charge in [0.25, 0.3) is 0 Å². The molecule has 0 fully saturated rings. The molecular formula is C15H12BrCl2N3.